The summed E-state index contributed by atoms with van der Waals surface area (Å²) < 4.78 is 38.7. The minimum atomic E-state index is -4.64. The van der Waals surface area contributed by atoms with Crippen molar-refractivity contribution in [2.75, 3.05) is 17.2 Å². The Balaban J connectivity index is 1.75. The monoisotopic (exact) mass is 389 g/mol. The zero-order valence-corrected chi connectivity index (χ0v) is 14.9. The van der Waals surface area contributed by atoms with Crippen LogP contribution in [-0.2, 0) is 6.18 Å². The maximum Gasteiger partial charge on any atom is 0.417 e. The Morgan fingerprint density at radius 2 is 1.93 bits per heavy atom. The zero-order valence-electron chi connectivity index (χ0n) is 14.9. The summed E-state index contributed by atoms with van der Waals surface area (Å²) in [7, 11) is 0. The molecule has 1 aliphatic carbocycles. The predicted octanol–water partition coefficient (Wildman–Crippen LogP) is 4.22. The Hall–Kier alpha value is -3.15. The van der Waals surface area contributed by atoms with Crippen molar-refractivity contribution in [3.05, 3.63) is 47.4 Å². The molecular weight excluding hydrogens is 371 g/mol. The highest BCUT2D eigenvalue weighted by Gasteiger charge is 2.33. The number of benzene rings is 1. The van der Waals surface area contributed by atoms with E-state index in [4.69, 9.17) is 5.26 Å². The van der Waals surface area contributed by atoms with E-state index in [0.717, 1.165) is 31.0 Å². The number of nitrogens with zero attached hydrogens (tertiary/aromatic N) is 3. The number of nitriles is 1. The van der Waals surface area contributed by atoms with Gasteiger partial charge in [-0.2, -0.15) is 18.4 Å². The fourth-order valence-corrected chi connectivity index (χ4v) is 3.24. The summed E-state index contributed by atoms with van der Waals surface area (Å²) in [5.41, 5.74) is -1.50. The molecule has 1 heterocycles. The smallest absolute Gasteiger partial charge is 0.368 e. The Kier molecular flexibility index (Phi) is 5.78. The van der Waals surface area contributed by atoms with Crippen LogP contribution in [-0.4, -0.2) is 22.4 Å². The van der Waals surface area contributed by atoms with E-state index in [2.05, 4.69) is 20.6 Å². The van der Waals surface area contributed by atoms with Crippen molar-refractivity contribution in [2.24, 2.45) is 5.92 Å². The Labute approximate surface area is 159 Å². The fourth-order valence-electron chi connectivity index (χ4n) is 3.24. The number of hydrogen-bond acceptors (Lipinski definition) is 5. The first-order valence-corrected chi connectivity index (χ1v) is 8.86. The molecule has 6 nitrogen and oxygen atoms in total. The molecule has 0 atom stereocenters. The highest BCUT2D eigenvalue weighted by Crippen LogP contribution is 2.33. The van der Waals surface area contributed by atoms with Crippen LogP contribution in [0.2, 0.25) is 0 Å². The van der Waals surface area contributed by atoms with E-state index in [-0.39, 0.29) is 11.4 Å². The Morgan fingerprint density at radius 3 is 2.61 bits per heavy atom. The molecule has 1 aromatic heterocycles. The molecule has 1 amide bonds. The van der Waals surface area contributed by atoms with Gasteiger partial charge in [0.1, 0.15) is 0 Å². The number of rotatable bonds is 5. The lowest BCUT2D eigenvalue weighted by atomic mass is 10.1. The highest BCUT2D eigenvalue weighted by molar-refractivity contribution is 6.06. The molecule has 1 saturated carbocycles. The van der Waals surface area contributed by atoms with Crippen LogP contribution in [0.5, 0.6) is 0 Å². The third-order valence-electron chi connectivity index (χ3n) is 4.65. The van der Waals surface area contributed by atoms with Crippen LogP contribution < -0.4 is 10.6 Å². The van der Waals surface area contributed by atoms with Gasteiger partial charge in [-0.25, -0.2) is 9.97 Å². The standard InChI is InChI=1S/C19H18F3N5O/c20-19(21,22)15-6-5-14(9-13(15)10-23)27-18(28)16-17(25-8-7-24-16)26-11-12-3-1-2-4-12/h5-9,12H,1-4,11H2,(H,25,26)(H,27,28). The van der Waals surface area contributed by atoms with Gasteiger partial charge in [-0.05, 0) is 37.0 Å². The van der Waals surface area contributed by atoms with Crippen LogP contribution >= 0.6 is 0 Å². The van der Waals surface area contributed by atoms with E-state index in [1.807, 2.05) is 0 Å². The maximum atomic E-state index is 12.9. The molecule has 0 radical (unpaired) electrons. The predicted molar refractivity (Wildman–Crippen MR) is 96.6 cm³/mol. The number of alkyl halides is 3. The lowest BCUT2D eigenvalue weighted by Gasteiger charge is -2.14. The second-order valence-corrected chi connectivity index (χ2v) is 6.61. The molecule has 3 rings (SSSR count). The lowest BCUT2D eigenvalue weighted by molar-refractivity contribution is -0.137. The number of nitrogens with one attached hydrogen (secondary N) is 2. The number of hydrogen-bond donors (Lipinski definition) is 2. The molecule has 0 unspecified atom stereocenters. The van der Waals surface area contributed by atoms with Gasteiger partial charge >= 0.3 is 6.18 Å². The fraction of sp³-hybridized carbons (Fsp3) is 0.368. The summed E-state index contributed by atoms with van der Waals surface area (Å²) in [6.07, 6.45) is 2.80. The molecule has 2 N–H and O–H groups in total. The van der Waals surface area contributed by atoms with Gasteiger partial charge in [0.15, 0.2) is 11.5 Å². The molecule has 146 valence electrons. The van der Waals surface area contributed by atoms with Crippen molar-refractivity contribution < 1.29 is 18.0 Å². The summed E-state index contributed by atoms with van der Waals surface area (Å²) in [6, 6.07) is 4.36. The van der Waals surface area contributed by atoms with Gasteiger partial charge in [0.05, 0.1) is 17.2 Å². The third-order valence-corrected chi connectivity index (χ3v) is 4.65. The average Bonchev–Trinajstić information content (AvgIpc) is 3.19. The van der Waals surface area contributed by atoms with Crippen molar-refractivity contribution in [2.45, 2.75) is 31.9 Å². The molecule has 0 spiro atoms. The third kappa shape index (κ3) is 4.57. The summed E-state index contributed by atoms with van der Waals surface area (Å²) in [5.74, 6) is 0.219. The second-order valence-electron chi connectivity index (χ2n) is 6.61. The van der Waals surface area contributed by atoms with Crippen LogP contribution in [0, 0.1) is 17.2 Å². The number of carbonyl (C=O) groups is 1. The van der Waals surface area contributed by atoms with E-state index in [1.165, 1.54) is 31.3 Å². The van der Waals surface area contributed by atoms with Crippen molar-refractivity contribution >= 4 is 17.4 Å². The second kappa shape index (κ2) is 8.25. The first kappa shape index (κ1) is 19.6. The number of carbonyl (C=O) groups excluding carboxylic acids is 1. The molecule has 0 saturated heterocycles. The van der Waals surface area contributed by atoms with Crippen molar-refractivity contribution in [3.8, 4) is 6.07 Å². The minimum absolute atomic E-state index is 0.0407. The lowest BCUT2D eigenvalue weighted by Crippen LogP contribution is -2.20. The number of amides is 1. The van der Waals surface area contributed by atoms with Gasteiger partial charge in [0.25, 0.3) is 5.91 Å². The van der Waals surface area contributed by atoms with E-state index < -0.39 is 23.2 Å². The topological polar surface area (TPSA) is 90.7 Å². The molecule has 2 aromatic rings. The van der Waals surface area contributed by atoms with Crippen molar-refractivity contribution in [1.82, 2.24) is 9.97 Å². The van der Waals surface area contributed by atoms with E-state index in [1.54, 1.807) is 0 Å². The average molecular weight is 389 g/mol. The quantitative estimate of drug-likeness (QED) is 0.799. The molecule has 0 aliphatic heterocycles. The maximum absolute atomic E-state index is 12.9. The van der Waals surface area contributed by atoms with Gasteiger partial charge in [0, 0.05) is 24.6 Å². The van der Waals surface area contributed by atoms with Crippen LogP contribution in [0.4, 0.5) is 24.7 Å². The number of aromatic nitrogens is 2. The van der Waals surface area contributed by atoms with E-state index in [0.29, 0.717) is 18.3 Å². The number of anilines is 2. The summed E-state index contributed by atoms with van der Waals surface area (Å²) in [4.78, 5) is 20.7. The Morgan fingerprint density at radius 1 is 1.21 bits per heavy atom. The van der Waals surface area contributed by atoms with Crippen LogP contribution in [0.1, 0.15) is 47.3 Å². The zero-order chi connectivity index (χ0) is 20.1. The largest absolute Gasteiger partial charge is 0.417 e. The van der Waals surface area contributed by atoms with E-state index >= 15 is 0 Å². The van der Waals surface area contributed by atoms with Crippen LogP contribution in [0.3, 0.4) is 0 Å². The van der Waals surface area contributed by atoms with Crippen LogP contribution in [0.25, 0.3) is 0 Å². The van der Waals surface area contributed by atoms with Crippen molar-refractivity contribution in [3.63, 3.8) is 0 Å². The van der Waals surface area contributed by atoms with Gasteiger partial charge in [-0.15, -0.1) is 0 Å². The summed E-state index contributed by atoms with van der Waals surface area (Å²) in [5, 5.41) is 14.6. The minimum Gasteiger partial charge on any atom is -0.368 e. The molecule has 9 heteroatoms. The van der Waals surface area contributed by atoms with Crippen molar-refractivity contribution in [1.29, 1.82) is 5.26 Å². The molecular formula is C19H18F3N5O. The van der Waals surface area contributed by atoms with E-state index in [9.17, 15) is 18.0 Å². The number of halogens is 3. The summed E-state index contributed by atoms with van der Waals surface area (Å²) >= 11 is 0. The normalized spacial score (nSPS) is 14.5. The molecule has 1 aliphatic rings. The first-order chi connectivity index (χ1) is 13.4. The summed E-state index contributed by atoms with van der Waals surface area (Å²) in [6.45, 7) is 0.678. The van der Waals surface area contributed by atoms with Gasteiger partial charge in [0.2, 0.25) is 0 Å². The molecule has 1 aromatic carbocycles. The molecule has 28 heavy (non-hydrogen) atoms. The van der Waals surface area contributed by atoms with Gasteiger partial charge in [-0.3, -0.25) is 4.79 Å². The molecule has 1 fully saturated rings. The Bertz CT molecular complexity index is 901. The highest BCUT2D eigenvalue weighted by atomic mass is 19.4. The molecule has 0 bridgehead atoms. The van der Waals surface area contributed by atoms with Gasteiger partial charge in [-0.1, -0.05) is 12.8 Å². The van der Waals surface area contributed by atoms with Gasteiger partial charge < -0.3 is 10.6 Å². The van der Waals surface area contributed by atoms with Crippen LogP contribution in [0.15, 0.2) is 30.6 Å². The SMILES string of the molecule is N#Cc1cc(NC(=O)c2nccnc2NCC2CCCC2)ccc1C(F)(F)F. The first-order valence-electron chi connectivity index (χ1n) is 8.86.